The largest absolute Gasteiger partial charge is 0.372 e. The molecule has 1 aromatic carbocycles. The van der Waals surface area contributed by atoms with Crippen LogP contribution < -0.4 is 0 Å². The van der Waals surface area contributed by atoms with Crippen LogP contribution in [0.4, 0.5) is 0 Å². The molecule has 27 heavy (non-hydrogen) atoms. The molecule has 0 radical (unpaired) electrons. The van der Waals surface area contributed by atoms with Crippen LogP contribution in [0, 0.1) is 0 Å². The number of aromatic nitrogens is 3. The van der Waals surface area contributed by atoms with E-state index in [1.807, 2.05) is 56.0 Å². The minimum Gasteiger partial charge on any atom is -0.372 e. The van der Waals surface area contributed by atoms with Gasteiger partial charge < -0.3 is 4.90 Å². The van der Waals surface area contributed by atoms with Crippen molar-refractivity contribution in [1.82, 2.24) is 19.9 Å². The molecule has 1 aromatic heterocycles. The summed E-state index contributed by atoms with van der Waals surface area (Å²) >= 11 is 0. The molecule has 1 aliphatic carbocycles. The van der Waals surface area contributed by atoms with Crippen molar-refractivity contribution in [1.29, 1.82) is 0 Å². The Labute approximate surface area is 158 Å². The highest BCUT2D eigenvalue weighted by atomic mass is 32.2. The predicted octanol–water partition coefficient (Wildman–Crippen LogP) is 2.60. The second-order valence-electron chi connectivity index (χ2n) is 6.81. The van der Waals surface area contributed by atoms with Crippen molar-refractivity contribution in [2.75, 3.05) is 19.3 Å². The Balaban J connectivity index is 2.09. The average molecular weight is 386 g/mol. The van der Waals surface area contributed by atoms with Gasteiger partial charge in [0.15, 0.2) is 9.84 Å². The van der Waals surface area contributed by atoms with E-state index < -0.39 is 20.8 Å². The number of hydrogen-bond acceptors (Lipinski definition) is 7. The molecule has 3 aliphatic rings. The summed E-state index contributed by atoms with van der Waals surface area (Å²) in [6.07, 6.45) is 1.21. The van der Waals surface area contributed by atoms with Gasteiger partial charge in [0.05, 0.1) is 11.4 Å². The summed E-state index contributed by atoms with van der Waals surface area (Å²) in [6.45, 7) is 7.27. The van der Waals surface area contributed by atoms with Crippen LogP contribution in [0.1, 0.15) is 38.2 Å². The minimum atomic E-state index is -3.72. The molecule has 3 heterocycles. The van der Waals surface area contributed by atoms with E-state index in [1.165, 1.54) is 6.26 Å². The highest BCUT2D eigenvalue weighted by Crippen LogP contribution is 2.55. The van der Waals surface area contributed by atoms with E-state index in [-0.39, 0.29) is 0 Å². The zero-order valence-corrected chi connectivity index (χ0v) is 16.6. The summed E-state index contributed by atoms with van der Waals surface area (Å²) < 4.78 is 28.0. The van der Waals surface area contributed by atoms with Gasteiger partial charge in [-0.2, -0.15) is 10.2 Å². The van der Waals surface area contributed by atoms with E-state index >= 15 is 0 Å². The van der Waals surface area contributed by atoms with Crippen molar-refractivity contribution in [3.63, 3.8) is 0 Å². The Hall–Kier alpha value is -2.55. The first-order valence-corrected chi connectivity index (χ1v) is 10.8. The van der Waals surface area contributed by atoms with Crippen LogP contribution in [0.25, 0.3) is 5.69 Å². The maximum Gasteiger partial charge on any atom is 0.264 e. The average Bonchev–Trinajstić information content (AvgIpc) is 3.11. The van der Waals surface area contributed by atoms with Crippen molar-refractivity contribution in [3.8, 4) is 5.69 Å². The van der Waals surface area contributed by atoms with E-state index in [1.54, 1.807) is 4.68 Å². The topological polar surface area (TPSA) is 92.8 Å². The lowest BCUT2D eigenvalue weighted by molar-refractivity contribution is 0.303. The van der Waals surface area contributed by atoms with Gasteiger partial charge in [-0.05, 0) is 38.5 Å². The highest BCUT2D eigenvalue weighted by Gasteiger charge is 2.60. The maximum atomic E-state index is 13.2. The van der Waals surface area contributed by atoms with E-state index in [4.69, 9.17) is 0 Å². The molecular formula is C18H22N6O2S. The van der Waals surface area contributed by atoms with Crippen LogP contribution in [0.3, 0.4) is 0 Å². The van der Waals surface area contributed by atoms with Crippen LogP contribution in [0.2, 0.25) is 0 Å². The Morgan fingerprint density at radius 3 is 2.44 bits per heavy atom. The van der Waals surface area contributed by atoms with Gasteiger partial charge in [-0.25, -0.2) is 13.1 Å². The molecule has 0 saturated heterocycles. The van der Waals surface area contributed by atoms with Gasteiger partial charge in [-0.15, -0.1) is 5.10 Å². The van der Waals surface area contributed by atoms with Gasteiger partial charge >= 0.3 is 0 Å². The molecule has 5 rings (SSSR count). The molecule has 9 heteroatoms. The second-order valence-corrected chi connectivity index (χ2v) is 8.94. The molecule has 2 bridgehead atoms. The maximum absolute atomic E-state index is 13.2. The van der Waals surface area contributed by atoms with Crippen molar-refractivity contribution in [2.24, 2.45) is 10.2 Å². The van der Waals surface area contributed by atoms with Gasteiger partial charge in [0.2, 0.25) is 0 Å². The predicted molar refractivity (Wildman–Crippen MR) is 101 cm³/mol. The Bertz CT molecular complexity index is 1050. The quantitative estimate of drug-likeness (QED) is 0.787. The number of para-hydroxylation sites is 1. The van der Waals surface area contributed by atoms with Crippen LogP contribution >= 0.6 is 0 Å². The highest BCUT2D eigenvalue weighted by molar-refractivity contribution is 7.91. The summed E-state index contributed by atoms with van der Waals surface area (Å²) in [7, 11) is -3.72. The molecule has 0 amide bonds. The fourth-order valence-corrected chi connectivity index (χ4v) is 5.44. The van der Waals surface area contributed by atoms with Gasteiger partial charge in [-0.3, -0.25) is 0 Å². The van der Waals surface area contributed by atoms with Gasteiger partial charge in [0.1, 0.15) is 17.4 Å². The van der Waals surface area contributed by atoms with Gasteiger partial charge in [0, 0.05) is 19.3 Å². The number of hydrogen-bond donors (Lipinski definition) is 0. The molecule has 2 aliphatic heterocycles. The molecule has 2 atom stereocenters. The summed E-state index contributed by atoms with van der Waals surface area (Å²) in [4.78, 5) is 0.416. The number of rotatable bonds is 5. The second kappa shape index (κ2) is 5.98. The van der Waals surface area contributed by atoms with Crippen LogP contribution in [0.15, 0.2) is 51.8 Å². The van der Waals surface area contributed by atoms with Crippen LogP contribution in [-0.4, -0.2) is 47.7 Å². The van der Waals surface area contributed by atoms with Crippen LogP contribution in [-0.2, 0) is 14.7 Å². The molecule has 2 aromatic rings. The molecule has 0 saturated carbocycles. The molecule has 8 nitrogen and oxygen atoms in total. The zero-order valence-electron chi connectivity index (χ0n) is 15.8. The Morgan fingerprint density at radius 1 is 1.19 bits per heavy atom. The molecule has 142 valence electrons. The summed E-state index contributed by atoms with van der Waals surface area (Å²) in [5.41, 5.74) is 3.33. The third-order valence-electron chi connectivity index (χ3n) is 5.31. The zero-order chi connectivity index (χ0) is 19.4. The third kappa shape index (κ3) is 2.24. The number of nitrogens with zero attached hydrogens (tertiary/aromatic N) is 6. The van der Waals surface area contributed by atoms with Gasteiger partial charge in [0.25, 0.3) is 4.87 Å². The van der Waals surface area contributed by atoms with E-state index in [9.17, 15) is 8.42 Å². The fraction of sp³-hybridized carbons (Fsp3) is 0.444. The van der Waals surface area contributed by atoms with E-state index in [2.05, 4.69) is 20.5 Å². The molecule has 0 spiro atoms. The fourth-order valence-electron chi connectivity index (χ4n) is 4.06. The first-order chi connectivity index (χ1) is 12.9. The Morgan fingerprint density at radius 2 is 1.85 bits per heavy atom. The standard InChI is InChI=1S/C18H22N6O2S/c1-5-23(6-2)16-12(3)14-15-17(18(16,21-19-14)27(4,25)26)24(22-20-15)13-10-8-7-9-11-13/h7-11,14H,5-6H2,1-4H3/t14-,18-/m1/s1. The third-order valence-corrected chi connectivity index (χ3v) is 6.85. The number of likely N-dealkylation sites (N-methyl/N-ethyl adjacent to an activating group) is 1. The monoisotopic (exact) mass is 386 g/mol. The smallest absolute Gasteiger partial charge is 0.264 e. The molecule has 0 unspecified atom stereocenters. The van der Waals surface area contributed by atoms with Crippen molar-refractivity contribution in [3.05, 3.63) is 53.0 Å². The Kier molecular flexibility index (Phi) is 3.95. The lowest BCUT2D eigenvalue weighted by Crippen LogP contribution is -2.49. The number of azo groups is 1. The molecule has 0 N–H and O–H groups in total. The number of benzene rings is 1. The van der Waals surface area contributed by atoms with E-state index in [0.717, 1.165) is 11.3 Å². The lowest BCUT2D eigenvalue weighted by Gasteiger charge is -2.44. The molecular weight excluding hydrogens is 364 g/mol. The number of sulfone groups is 1. The van der Waals surface area contributed by atoms with Crippen LogP contribution in [0.5, 0.6) is 0 Å². The van der Waals surface area contributed by atoms with E-state index in [0.29, 0.717) is 30.2 Å². The summed E-state index contributed by atoms with van der Waals surface area (Å²) in [5.74, 6) is 0. The van der Waals surface area contributed by atoms with Crippen molar-refractivity contribution in [2.45, 2.75) is 31.7 Å². The minimum absolute atomic E-state index is 0.406. The SMILES string of the molecule is CCN(CC)C1=C(C)[C@H]2N=N[C@]1(S(C)(=O)=O)c1c2nnn1-c1ccccc1. The van der Waals surface area contributed by atoms with Crippen molar-refractivity contribution < 1.29 is 8.42 Å². The van der Waals surface area contributed by atoms with Gasteiger partial charge in [-0.1, -0.05) is 23.4 Å². The van der Waals surface area contributed by atoms with Crippen molar-refractivity contribution >= 4 is 9.84 Å². The summed E-state index contributed by atoms with van der Waals surface area (Å²) in [6, 6.07) is 9.00. The normalized spacial score (nSPS) is 23.6. The first kappa shape index (κ1) is 17.8. The summed E-state index contributed by atoms with van der Waals surface area (Å²) in [5, 5.41) is 17.3. The molecule has 0 fully saturated rings. The lowest BCUT2D eigenvalue weighted by atomic mass is 9.87. The first-order valence-electron chi connectivity index (χ1n) is 8.96.